The summed E-state index contributed by atoms with van der Waals surface area (Å²) in [6.45, 7) is 0. The van der Waals surface area contributed by atoms with E-state index in [0.29, 0.717) is 17.0 Å². The second-order valence-corrected chi connectivity index (χ2v) is 5.60. The first kappa shape index (κ1) is 12.9. The van der Waals surface area contributed by atoms with E-state index in [1.54, 1.807) is 18.3 Å². The zero-order valence-corrected chi connectivity index (χ0v) is 12.2. The Morgan fingerprint density at radius 2 is 1.91 bits per heavy atom. The number of hydrogen-bond acceptors (Lipinski definition) is 5. The highest BCUT2D eigenvalue weighted by Gasteiger charge is 2.11. The second-order valence-electron chi connectivity index (χ2n) is 4.74. The molecule has 0 fully saturated rings. The molecule has 0 bridgehead atoms. The van der Waals surface area contributed by atoms with E-state index in [4.69, 9.17) is 4.42 Å². The van der Waals surface area contributed by atoms with E-state index in [1.807, 2.05) is 41.8 Å². The summed E-state index contributed by atoms with van der Waals surface area (Å²) < 4.78 is 5.35. The van der Waals surface area contributed by atoms with E-state index in [-0.39, 0.29) is 0 Å². The summed E-state index contributed by atoms with van der Waals surface area (Å²) in [5, 5.41) is 3.54. The van der Waals surface area contributed by atoms with Gasteiger partial charge in [-0.1, -0.05) is 36.4 Å². The van der Waals surface area contributed by atoms with Gasteiger partial charge in [-0.15, -0.1) is 11.3 Å². The van der Waals surface area contributed by atoms with Crippen LogP contribution in [-0.4, -0.2) is 9.97 Å². The molecule has 5 heteroatoms. The van der Waals surface area contributed by atoms with E-state index >= 15 is 0 Å². The van der Waals surface area contributed by atoms with Crippen molar-refractivity contribution >= 4 is 22.2 Å². The summed E-state index contributed by atoms with van der Waals surface area (Å²) in [6.07, 6.45) is 1.58. The third-order valence-corrected chi connectivity index (χ3v) is 4.19. The first-order valence-corrected chi connectivity index (χ1v) is 7.59. The molecule has 4 rings (SSSR count). The van der Waals surface area contributed by atoms with Gasteiger partial charge in [0.2, 0.25) is 0 Å². The fourth-order valence-electron chi connectivity index (χ4n) is 2.25. The van der Waals surface area contributed by atoms with Crippen LogP contribution in [0.15, 0.2) is 69.3 Å². The minimum Gasteiger partial charge on any atom is -0.419 e. The van der Waals surface area contributed by atoms with Crippen LogP contribution in [0.4, 0.5) is 0 Å². The molecule has 22 heavy (non-hydrogen) atoms. The lowest BCUT2D eigenvalue weighted by molar-refractivity contribution is 0.531. The average molecular weight is 306 g/mol. The molecule has 0 aliphatic heterocycles. The zero-order chi connectivity index (χ0) is 14.9. The smallest absolute Gasteiger partial charge is 0.363 e. The molecular weight excluding hydrogens is 296 g/mol. The van der Waals surface area contributed by atoms with Gasteiger partial charge in [0.1, 0.15) is 10.7 Å². The summed E-state index contributed by atoms with van der Waals surface area (Å²) in [6, 6.07) is 15.3. The molecule has 4 aromatic rings. The molecule has 0 radical (unpaired) electrons. The van der Waals surface area contributed by atoms with Crippen LogP contribution in [-0.2, 0) is 0 Å². The highest BCUT2D eigenvalue weighted by atomic mass is 32.1. The first-order chi connectivity index (χ1) is 10.8. The van der Waals surface area contributed by atoms with Crippen LogP contribution in [0.3, 0.4) is 0 Å². The lowest BCUT2D eigenvalue weighted by Gasteiger charge is -1.98. The van der Waals surface area contributed by atoms with E-state index < -0.39 is 5.63 Å². The number of hydrogen-bond donors (Lipinski definition) is 0. The molecule has 0 amide bonds. The number of benzene rings is 1. The van der Waals surface area contributed by atoms with E-state index in [2.05, 4.69) is 9.97 Å². The van der Waals surface area contributed by atoms with Gasteiger partial charge in [-0.25, -0.2) is 14.8 Å². The Morgan fingerprint density at radius 1 is 1.05 bits per heavy atom. The third kappa shape index (κ3) is 2.21. The molecule has 106 valence electrons. The third-order valence-electron chi connectivity index (χ3n) is 3.30. The Balaban J connectivity index is 1.83. The molecule has 0 saturated carbocycles. The largest absolute Gasteiger partial charge is 0.419 e. The van der Waals surface area contributed by atoms with Gasteiger partial charge in [0.25, 0.3) is 0 Å². The van der Waals surface area contributed by atoms with Crippen LogP contribution >= 0.6 is 11.3 Å². The van der Waals surface area contributed by atoms with Gasteiger partial charge in [-0.05, 0) is 12.1 Å². The van der Waals surface area contributed by atoms with Crippen LogP contribution in [0, 0.1) is 0 Å². The second kappa shape index (κ2) is 5.20. The quantitative estimate of drug-likeness (QED) is 0.562. The first-order valence-electron chi connectivity index (χ1n) is 6.71. The zero-order valence-electron chi connectivity index (χ0n) is 11.4. The maximum Gasteiger partial charge on any atom is 0.363 e. The van der Waals surface area contributed by atoms with Crippen molar-refractivity contribution < 1.29 is 4.42 Å². The Bertz CT molecular complexity index is 1010. The standard InChI is InChI=1S/C17H10N2O2S/c20-17-15-12(7-4-8-18-15)9-14(21-17)13-10-22-16(19-13)11-5-2-1-3-6-11/h1-10H. The number of aromatic nitrogens is 2. The summed E-state index contributed by atoms with van der Waals surface area (Å²) in [5.74, 6) is 0.462. The Kier molecular flexibility index (Phi) is 3.05. The lowest BCUT2D eigenvalue weighted by Crippen LogP contribution is -2.02. The van der Waals surface area contributed by atoms with E-state index in [0.717, 1.165) is 16.0 Å². The van der Waals surface area contributed by atoms with Gasteiger partial charge < -0.3 is 4.42 Å². The summed E-state index contributed by atoms with van der Waals surface area (Å²) >= 11 is 1.52. The van der Waals surface area contributed by atoms with Crippen molar-refractivity contribution in [2.75, 3.05) is 0 Å². The molecule has 1 aromatic carbocycles. The fourth-order valence-corrected chi connectivity index (χ4v) is 3.07. The summed E-state index contributed by atoms with van der Waals surface area (Å²) in [5.41, 5.74) is 1.60. The highest BCUT2D eigenvalue weighted by molar-refractivity contribution is 7.13. The van der Waals surface area contributed by atoms with Crippen molar-refractivity contribution in [1.82, 2.24) is 9.97 Å². The van der Waals surface area contributed by atoms with Crippen LogP contribution < -0.4 is 5.63 Å². The topological polar surface area (TPSA) is 56.0 Å². The van der Waals surface area contributed by atoms with Crippen molar-refractivity contribution in [3.63, 3.8) is 0 Å². The molecule has 4 nitrogen and oxygen atoms in total. The number of rotatable bonds is 2. The molecule has 0 aliphatic rings. The number of thiazole rings is 1. The van der Waals surface area contributed by atoms with Crippen LogP contribution in [0.5, 0.6) is 0 Å². The van der Waals surface area contributed by atoms with Crippen LogP contribution in [0.25, 0.3) is 32.9 Å². The van der Waals surface area contributed by atoms with E-state index in [9.17, 15) is 4.79 Å². The van der Waals surface area contributed by atoms with Gasteiger partial charge in [-0.3, -0.25) is 0 Å². The molecule has 0 unspecified atom stereocenters. The van der Waals surface area contributed by atoms with Crippen molar-refractivity contribution in [2.24, 2.45) is 0 Å². The SMILES string of the molecule is O=c1oc(-c2csc(-c3ccccc3)n2)cc2cccnc12. The predicted molar refractivity (Wildman–Crippen MR) is 86.8 cm³/mol. The Labute approximate surface area is 129 Å². The molecule has 0 saturated heterocycles. The number of nitrogens with zero attached hydrogens (tertiary/aromatic N) is 2. The number of fused-ring (bicyclic) bond motifs is 1. The van der Waals surface area contributed by atoms with Crippen molar-refractivity contribution in [3.05, 3.63) is 70.5 Å². The maximum atomic E-state index is 12.0. The number of pyridine rings is 1. The Morgan fingerprint density at radius 3 is 2.77 bits per heavy atom. The van der Waals surface area contributed by atoms with Gasteiger partial charge in [0, 0.05) is 22.5 Å². The summed E-state index contributed by atoms with van der Waals surface area (Å²) in [7, 11) is 0. The van der Waals surface area contributed by atoms with Gasteiger partial charge >= 0.3 is 5.63 Å². The monoisotopic (exact) mass is 306 g/mol. The normalized spacial score (nSPS) is 10.9. The molecule has 3 aromatic heterocycles. The molecular formula is C17H10N2O2S. The minimum absolute atomic E-state index is 0.338. The van der Waals surface area contributed by atoms with Gasteiger partial charge in [-0.2, -0.15) is 0 Å². The molecule has 0 N–H and O–H groups in total. The molecule has 0 aliphatic carbocycles. The average Bonchev–Trinajstić information content (AvgIpc) is 3.06. The predicted octanol–water partition coefficient (Wildman–Crippen LogP) is 3.98. The highest BCUT2D eigenvalue weighted by Crippen LogP contribution is 2.29. The fraction of sp³-hybridized carbons (Fsp3) is 0. The molecule has 0 atom stereocenters. The van der Waals surface area contributed by atoms with Crippen molar-refractivity contribution in [1.29, 1.82) is 0 Å². The van der Waals surface area contributed by atoms with Gasteiger partial charge in [0.15, 0.2) is 11.3 Å². The maximum absolute atomic E-state index is 12.0. The van der Waals surface area contributed by atoms with Crippen LogP contribution in [0.1, 0.15) is 0 Å². The molecule has 0 spiro atoms. The van der Waals surface area contributed by atoms with E-state index in [1.165, 1.54) is 11.3 Å². The summed E-state index contributed by atoms with van der Waals surface area (Å²) in [4.78, 5) is 20.6. The molecule has 3 heterocycles. The van der Waals surface area contributed by atoms with Crippen LogP contribution in [0.2, 0.25) is 0 Å². The van der Waals surface area contributed by atoms with Crippen molar-refractivity contribution in [3.8, 4) is 22.0 Å². The van der Waals surface area contributed by atoms with Gasteiger partial charge in [0.05, 0.1) is 0 Å². The minimum atomic E-state index is -0.442. The lowest BCUT2D eigenvalue weighted by atomic mass is 10.2. The Hall–Kier alpha value is -2.79. The van der Waals surface area contributed by atoms with Crippen molar-refractivity contribution in [2.45, 2.75) is 0 Å².